The fourth-order valence-corrected chi connectivity index (χ4v) is 2.10. The van der Waals surface area contributed by atoms with Crippen molar-refractivity contribution >= 4 is 0 Å². The third-order valence-electron chi connectivity index (χ3n) is 3.37. The van der Waals surface area contributed by atoms with Gasteiger partial charge in [-0.25, -0.2) is 0 Å². The summed E-state index contributed by atoms with van der Waals surface area (Å²) < 4.78 is 0. The number of nitrogens with zero attached hydrogens (tertiary/aromatic N) is 1. The molecule has 15 heavy (non-hydrogen) atoms. The summed E-state index contributed by atoms with van der Waals surface area (Å²) in [6.45, 7) is 5.64. The smallest absolute Gasteiger partial charge is 0.0605 e. The molecule has 0 saturated heterocycles. The predicted molar refractivity (Wildman–Crippen MR) is 62.8 cm³/mol. The molecule has 82 valence electrons. The van der Waals surface area contributed by atoms with Gasteiger partial charge in [-0.05, 0) is 36.9 Å². The minimum atomic E-state index is 0.496. The van der Waals surface area contributed by atoms with E-state index in [4.69, 9.17) is 0 Å². The Bertz CT molecular complexity index is 322. The van der Waals surface area contributed by atoms with E-state index in [0.717, 1.165) is 12.5 Å². The maximum atomic E-state index is 4.48. The van der Waals surface area contributed by atoms with Crippen molar-refractivity contribution in [2.45, 2.75) is 39.2 Å². The first kappa shape index (κ1) is 10.6. The summed E-state index contributed by atoms with van der Waals surface area (Å²) in [7, 11) is 0. The number of hydrogen-bond donors (Lipinski definition) is 1. The van der Waals surface area contributed by atoms with Crippen molar-refractivity contribution in [3.63, 3.8) is 0 Å². The maximum Gasteiger partial charge on any atom is 0.0605 e. The van der Waals surface area contributed by atoms with Crippen LogP contribution in [0.5, 0.6) is 0 Å². The van der Waals surface area contributed by atoms with Gasteiger partial charge >= 0.3 is 0 Å². The molecule has 2 rings (SSSR count). The van der Waals surface area contributed by atoms with Crippen LogP contribution in [0.15, 0.2) is 18.3 Å². The fraction of sp³-hybridized carbons (Fsp3) is 0.615. The van der Waals surface area contributed by atoms with E-state index in [9.17, 15) is 0 Å². The van der Waals surface area contributed by atoms with E-state index in [0.29, 0.717) is 6.04 Å². The molecule has 1 aromatic heterocycles. The van der Waals surface area contributed by atoms with E-state index in [1.54, 1.807) is 0 Å². The van der Waals surface area contributed by atoms with Crippen LogP contribution in [0.25, 0.3) is 0 Å². The van der Waals surface area contributed by atoms with Crippen molar-refractivity contribution in [3.8, 4) is 0 Å². The normalized spacial score (nSPS) is 21.3. The van der Waals surface area contributed by atoms with E-state index < -0.39 is 0 Å². The molecule has 0 bridgehead atoms. The maximum absolute atomic E-state index is 4.48. The fourth-order valence-electron chi connectivity index (χ4n) is 2.10. The molecule has 0 amide bonds. The van der Waals surface area contributed by atoms with Crippen LogP contribution in [-0.4, -0.2) is 11.5 Å². The second kappa shape index (κ2) is 4.75. The Balaban J connectivity index is 1.96. The largest absolute Gasteiger partial charge is 0.308 e. The molecule has 1 N–H and O–H groups in total. The number of hydrogen-bond acceptors (Lipinski definition) is 2. The Morgan fingerprint density at radius 2 is 2.47 bits per heavy atom. The summed E-state index contributed by atoms with van der Waals surface area (Å²) in [5.41, 5.74) is 2.71. The van der Waals surface area contributed by atoms with Crippen LogP contribution in [0.3, 0.4) is 0 Å². The Morgan fingerprint density at radius 1 is 1.60 bits per heavy atom. The molecule has 2 atom stereocenters. The Morgan fingerprint density at radius 3 is 3.27 bits per heavy atom. The molecule has 0 aliphatic heterocycles. The molecule has 1 aliphatic rings. The van der Waals surface area contributed by atoms with Crippen molar-refractivity contribution in [2.75, 3.05) is 6.54 Å². The summed E-state index contributed by atoms with van der Waals surface area (Å²) in [5, 5.41) is 3.63. The molecular weight excluding hydrogens is 184 g/mol. The van der Waals surface area contributed by atoms with Crippen LogP contribution in [0.4, 0.5) is 0 Å². The molecule has 2 unspecified atom stereocenters. The first-order valence-electron chi connectivity index (χ1n) is 5.98. The zero-order valence-electron chi connectivity index (χ0n) is 9.66. The van der Waals surface area contributed by atoms with Crippen molar-refractivity contribution in [3.05, 3.63) is 29.6 Å². The summed E-state index contributed by atoms with van der Waals surface area (Å²) in [5.74, 6) is 0.762. The Kier molecular flexibility index (Phi) is 3.37. The number of fused-ring (bicyclic) bond motifs is 1. The Hall–Kier alpha value is -0.890. The summed E-state index contributed by atoms with van der Waals surface area (Å²) >= 11 is 0. The number of aromatic nitrogens is 1. The molecule has 0 spiro atoms. The molecule has 1 aliphatic carbocycles. The van der Waals surface area contributed by atoms with Gasteiger partial charge < -0.3 is 5.32 Å². The highest BCUT2D eigenvalue weighted by Gasteiger charge is 2.22. The number of pyridine rings is 1. The average molecular weight is 204 g/mol. The van der Waals surface area contributed by atoms with Gasteiger partial charge in [-0.1, -0.05) is 26.3 Å². The van der Waals surface area contributed by atoms with Gasteiger partial charge in [0.25, 0.3) is 0 Å². The van der Waals surface area contributed by atoms with Crippen molar-refractivity contribution < 1.29 is 0 Å². The molecule has 0 radical (unpaired) electrons. The molecule has 0 aromatic carbocycles. The van der Waals surface area contributed by atoms with Crippen LogP contribution < -0.4 is 5.32 Å². The number of nitrogens with one attached hydrogen (secondary N) is 1. The predicted octanol–water partition coefficient (Wildman–Crippen LogP) is 2.70. The molecule has 0 saturated carbocycles. The third-order valence-corrected chi connectivity index (χ3v) is 3.37. The van der Waals surface area contributed by atoms with E-state index in [2.05, 4.69) is 30.2 Å². The van der Waals surface area contributed by atoms with Crippen LogP contribution in [0.2, 0.25) is 0 Å². The van der Waals surface area contributed by atoms with Crippen LogP contribution in [0.1, 0.15) is 44.0 Å². The van der Waals surface area contributed by atoms with E-state index in [-0.39, 0.29) is 0 Å². The van der Waals surface area contributed by atoms with Crippen LogP contribution in [-0.2, 0) is 6.42 Å². The molecular formula is C13H20N2. The summed E-state index contributed by atoms with van der Waals surface area (Å²) in [6, 6.07) is 4.73. The summed E-state index contributed by atoms with van der Waals surface area (Å²) in [6.07, 6.45) is 5.54. The molecule has 2 nitrogen and oxygen atoms in total. The van der Waals surface area contributed by atoms with E-state index in [1.807, 2.05) is 12.3 Å². The van der Waals surface area contributed by atoms with Gasteiger partial charge in [-0.15, -0.1) is 0 Å². The van der Waals surface area contributed by atoms with Crippen LogP contribution in [0, 0.1) is 5.92 Å². The van der Waals surface area contributed by atoms with E-state index in [1.165, 1.54) is 30.5 Å². The second-order valence-corrected chi connectivity index (χ2v) is 4.56. The van der Waals surface area contributed by atoms with Gasteiger partial charge in [-0.3, -0.25) is 4.98 Å². The molecule has 2 heteroatoms. The van der Waals surface area contributed by atoms with Gasteiger partial charge in [-0.2, -0.15) is 0 Å². The summed E-state index contributed by atoms with van der Waals surface area (Å²) in [4.78, 5) is 4.48. The lowest BCUT2D eigenvalue weighted by molar-refractivity contribution is 0.439. The standard InChI is InChI=1S/C13H20N2/c1-3-10(2)9-15-12-7-6-11-5-4-8-14-13(11)12/h4-5,8,10,12,15H,3,6-7,9H2,1-2H3. The zero-order chi connectivity index (χ0) is 10.7. The SMILES string of the molecule is CCC(C)CNC1CCc2cccnc21. The van der Waals surface area contributed by atoms with Crippen molar-refractivity contribution in [2.24, 2.45) is 5.92 Å². The van der Waals surface area contributed by atoms with Gasteiger partial charge in [0.15, 0.2) is 0 Å². The van der Waals surface area contributed by atoms with Gasteiger partial charge in [0.05, 0.1) is 11.7 Å². The highest BCUT2D eigenvalue weighted by molar-refractivity contribution is 5.27. The monoisotopic (exact) mass is 204 g/mol. The first-order valence-corrected chi connectivity index (χ1v) is 5.98. The highest BCUT2D eigenvalue weighted by atomic mass is 14.9. The second-order valence-electron chi connectivity index (χ2n) is 4.56. The molecule has 0 fully saturated rings. The quantitative estimate of drug-likeness (QED) is 0.815. The van der Waals surface area contributed by atoms with Crippen LogP contribution >= 0.6 is 0 Å². The Labute approximate surface area is 92.1 Å². The van der Waals surface area contributed by atoms with Gasteiger partial charge in [0, 0.05) is 6.20 Å². The lowest BCUT2D eigenvalue weighted by Crippen LogP contribution is -2.25. The van der Waals surface area contributed by atoms with E-state index >= 15 is 0 Å². The lowest BCUT2D eigenvalue weighted by Gasteiger charge is -2.16. The van der Waals surface area contributed by atoms with Gasteiger partial charge in [0.2, 0.25) is 0 Å². The van der Waals surface area contributed by atoms with Gasteiger partial charge in [0.1, 0.15) is 0 Å². The van der Waals surface area contributed by atoms with Crippen molar-refractivity contribution in [1.29, 1.82) is 0 Å². The zero-order valence-corrected chi connectivity index (χ0v) is 9.66. The molecule has 1 aromatic rings. The lowest BCUT2D eigenvalue weighted by atomic mass is 10.1. The highest BCUT2D eigenvalue weighted by Crippen LogP contribution is 2.28. The third kappa shape index (κ3) is 2.37. The minimum Gasteiger partial charge on any atom is -0.308 e. The number of rotatable bonds is 4. The minimum absolute atomic E-state index is 0.496. The molecule has 1 heterocycles. The topological polar surface area (TPSA) is 24.9 Å². The number of aryl methyl sites for hydroxylation is 1. The average Bonchev–Trinajstić information content (AvgIpc) is 2.69. The van der Waals surface area contributed by atoms with Crippen molar-refractivity contribution in [1.82, 2.24) is 10.3 Å². The first-order chi connectivity index (χ1) is 7.31.